The Balaban J connectivity index is 1.74. The third kappa shape index (κ3) is 2.34. The van der Waals surface area contributed by atoms with Gasteiger partial charge in [0.2, 0.25) is 0 Å². The van der Waals surface area contributed by atoms with Crippen molar-refractivity contribution in [1.82, 2.24) is 4.90 Å². The largest absolute Gasteiger partial charge is 0.297 e. The smallest absolute Gasteiger partial charge is 0.0166 e. The van der Waals surface area contributed by atoms with Crippen LogP contribution in [0.1, 0.15) is 39.0 Å². The lowest BCUT2D eigenvalue weighted by molar-refractivity contribution is 0.165. The molecule has 0 bridgehead atoms. The van der Waals surface area contributed by atoms with Crippen molar-refractivity contribution in [2.75, 3.05) is 13.1 Å². The van der Waals surface area contributed by atoms with E-state index in [9.17, 15) is 0 Å². The summed E-state index contributed by atoms with van der Waals surface area (Å²) in [5, 5.41) is 0. The van der Waals surface area contributed by atoms with Crippen LogP contribution in [0.15, 0.2) is 12.2 Å². The van der Waals surface area contributed by atoms with Crippen molar-refractivity contribution < 1.29 is 0 Å². The molecule has 1 nitrogen and oxygen atoms in total. The van der Waals surface area contributed by atoms with Crippen LogP contribution in [-0.2, 0) is 0 Å². The Bertz CT molecular complexity index is 182. The molecule has 0 spiro atoms. The molecule has 0 aromatic rings. The Morgan fingerprint density at radius 1 is 1.38 bits per heavy atom. The molecule has 1 heterocycles. The van der Waals surface area contributed by atoms with Gasteiger partial charge in [-0.25, -0.2) is 0 Å². The molecule has 2 aliphatic rings. The van der Waals surface area contributed by atoms with Crippen molar-refractivity contribution in [2.45, 2.75) is 45.1 Å². The van der Waals surface area contributed by atoms with Crippen LogP contribution in [0.5, 0.6) is 0 Å². The molecule has 2 rings (SSSR count). The van der Waals surface area contributed by atoms with Gasteiger partial charge in [0, 0.05) is 19.1 Å². The van der Waals surface area contributed by atoms with Crippen LogP contribution < -0.4 is 0 Å². The summed E-state index contributed by atoms with van der Waals surface area (Å²) in [5.74, 6) is 1.06. The van der Waals surface area contributed by atoms with Gasteiger partial charge in [0.25, 0.3) is 0 Å². The van der Waals surface area contributed by atoms with Gasteiger partial charge in [0.1, 0.15) is 0 Å². The van der Waals surface area contributed by atoms with Crippen molar-refractivity contribution in [3.8, 4) is 0 Å². The molecule has 13 heavy (non-hydrogen) atoms. The first-order valence-electron chi connectivity index (χ1n) is 5.75. The molecule has 1 aliphatic carbocycles. The van der Waals surface area contributed by atoms with E-state index in [1.807, 2.05) is 0 Å². The van der Waals surface area contributed by atoms with Gasteiger partial charge in [0.15, 0.2) is 0 Å². The molecule has 0 aromatic heterocycles. The molecule has 1 atom stereocenters. The molecule has 0 N–H and O–H groups in total. The van der Waals surface area contributed by atoms with Crippen molar-refractivity contribution in [2.24, 2.45) is 5.92 Å². The first-order valence-corrected chi connectivity index (χ1v) is 5.75. The number of hydrogen-bond donors (Lipinski definition) is 0. The van der Waals surface area contributed by atoms with Crippen LogP contribution in [0.25, 0.3) is 0 Å². The average Bonchev–Trinajstić information content (AvgIpc) is 2.12. The van der Waals surface area contributed by atoms with E-state index in [4.69, 9.17) is 0 Å². The topological polar surface area (TPSA) is 3.24 Å². The highest BCUT2D eigenvalue weighted by Gasteiger charge is 2.23. The Hall–Kier alpha value is -0.300. The number of hydrogen-bond acceptors (Lipinski definition) is 1. The first kappa shape index (κ1) is 9.26. The van der Waals surface area contributed by atoms with Crippen molar-refractivity contribution in [3.05, 3.63) is 12.2 Å². The van der Waals surface area contributed by atoms with Crippen LogP contribution >= 0.6 is 0 Å². The second-order valence-corrected chi connectivity index (χ2v) is 4.64. The molecule has 1 unspecified atom stereocenters. The summed E-state index contributed by atoms with van der Waals surface area (Å²) in [6.45, 7) is 4.87. The molecule has 1 heteroatoms. The summed E-state index contributed by atoms with van der Waals surface area (Å²) >= 11 is 0. The van der Waals surface area contributed by atoms with Gasteiger partial charge in [-0.15, -0.1) is 0 Å². The fraction of sp³-hybridized carbons (Fsp3) is 0.833. The minimum atomic E-state index is 0.815. The van der Waals surface area contributed by atoms with Gasteiger partial charge in [-0.3, -0.25) is 4.90 Å². The number of nitrogens with zero attached hydrogens (tertiary/aromatic N) is 1. The molecule has 0 saturated heterocycles. The van der Waals surface area contributed by atoms with Crippen LogP contribution in [0.4, 0.5) is 0 Å². The Morgan fingerprint density at radius 3 is 2.77 bits per heavy atom. The lowest BCUT2D eigenvalue weighted by Gasteiger charge is -2.35. The maximum Gasteiger partial charge on any atom is 0.0166 e. The summed E-state index contributed by atoms with van der Waals surface area (Å²) in [4.78, 5) is 2.62. The fourth-order valence-electron chi connectivity index (χ4n) is 2.42. The zero-order chi connectivity index (χ0) is 9.10. The predicted molar refractivity (Wildman–Crippen MR) is 56.8 cm³/mol. The molecule has 1 aliphatic heterocycles. The van der Waals surface area contributed by atoms with Crippen LogP contribution in [-0.4, -0.2) is 24.0 Å². The SMILES string of the molecule is CC(CC1CCC1)N1CC=CCC1. The lowest BCUT2D eigenvalue weighted by Crippen LogP contribution is -2.37. The number of rotatable bonds is 3. The molecular weight excluding hydrogens is 158 g/mol. The maximum absolute atomic E-state index is 2.62. The summed E-state index contributed by atoms with van der Waals surface area (Å²) in [6, 6.07) is 0.815. The van der Waals surface area contributed by atoms with Gasteiger partial charge in [-0.2, -0.15) is 0 Å². The van der Waals surface area contributed by atoms with E-state index in [-0.39, 0.29) is 0 Å². The van der Waals surface area contributed by atoms with Gasteiger partial charge < -0.3 is 0 Å². The first-order chi connectivity index (χ1) is 6.36. The Kier molecular flexibility index (Phi) is 3.05. The zero-order valence-corrected chi connectivity index (χ0v) is 8.71. The monoisotopic (exact) mass is 179 g/mol. The third-order valence-electron chi connectivity index (χ3n) is 3.61. The van der Waals surface area contributed by atoms with E-state index in [1.54, 1.807) is 0 Å². The van der Waals surface area contributed by atoms with Crippen LogP contribution in [0, 0.1) is 5.92 Å². The third-order valence-corrected chi connectivity index (χ3v) is 3.61. The highest BCUT2D eigenvalue weighted by atomic mass is 15.1. The quantitative estimate of drug-likeness (QED) is 0.602. The van der Waals surface area contributed by atoms with Gasteiger partial charge >= 0.3 is 0 Å². The minimum absolute atomic E-state index is 0.815. The van der Waals surface area contributed by atoms with Crippen LogP contribution in [0.3, 0.4) is 0 Å². The molecular formula is C12H21N. The normalized spacial score (nSPS) is 27.2. The standard InChI is InChI=1S/C12H21N/c1-11(10-12-6-5-7-12)13-8-3-2-4-9-13/h2-3,11-12H,4-10H2,1H3. The van der Waals surface area contributed by atoms with E-state index in [0.29, 0.717) is 0 Å². The Morgan fingerprint density at radius 2 is 2.23 bits per heavy atom. The summed E-state index contributed by atoms with van der Waals surface area (Å²) in [6.07, 6.45) is 11.8. The van der Waals surface area contributed by atoms with Crippen LogP contribution in [0.2, 0.25) is 0 Å². The molecule has 0 amide bonds. The highest BCUT2D eigenvalue weighted by molar-refractivity contribution is 4.92. The van der Waals surface area contributed by atoms with E-state index >= 15 is 0 Å². The summed E-state index contributed by atoms with van der Waals surface area (Å²) < 4.78 is 0. The van der Waals surface area contributed by atoms with E-state index in [2.05, 4.69) is 24.0 Å². The molecule has 1 fully saturated rings. The van der Waals surface area contributed by atoms with Gasteiger partial charge in [-0.05, 0) is 25.7 Å². The van der Waals surface area contributed by atoms with E-state index < -0.39 is 0 Å². The molecule has 1 saturated carbocycles. The van der Waals surface area contributed by atoms with E-state index in [0.717, 1.165) is 12.0 Å². The predicted octanol–water partition coefficient (Wildman–Crippen LogP) is 2.83. The average molecular weight is 179 g/mol. The summed E-state index contributed by atoms with van der Waals surface area (Å²) in [7, 11) is 0. The highest BCUT2D eigenvalue weighted by Crippen LogP contribution is 2.31. The van der Waals surface area contributed by atoms with Gasteiger partial charge in [-0.1, -0.05) is 31.4 Å². The molecule has 74 valence electrons. The van der Waals surface area contributed by atoms with Crippen molar-refractivity contribution >= 4 is 0 Å². The van der Waals surface area contributed by atoms with Gasteiger partial charge in [0.05, 0.1) is 0 Å². The second kappa shape index (κ2) is 4.28. The van der Waals surface area contributed by atoms with E-state index in [1.165, 1.54) is 45.2 Å². The summed E-state index contributed by atoms with van der Waals surface area (Å²) in [5.41, 5.74) is 0. The Labute approximate surface area is 81.8 Å². The second-order valence-electron chi connectivity index (χ2n) is 4.64. The maximum atomic E-state index is 2.62. The lowest BCUT2D eigenvalue weighted by atomic mass is 9.81. The van der Waals surface area contributed by atoms with Crippen molar-refractivity contribution in [1.29, 1.82) is 0 Å². The minimum Gasteiger partial charge on any atom is -0.297 e. The zero-order valence-electron chi connectivity index (χ0n) is 8.71. The fourth-order valence-corrected chi connectivity index (χ4v) is 2.42. The molecule has 0 aromatic carbocycles. The molecule has 0 radical (unpaired) electrons. The van der Waals surface area contributed by atoms with Crippen molar-refractivity contribution in [3.63, 3.8) is 0 Å².